The molecule has 2 aromatic heterocycles. The standard InChI is InChI=1S/C30H32N6O3/c1-31-29(38)26-17-23(13-14-32-26)39-22-11-12-27-25(16-22)35-30(36(27)2)33-21-9-7-20(8-10-21)28(37)34-24-15-18-3-5-19(24)6-4-18/h7-14,16-19,24H,3-6,15H2,1-2H3,(H,31,38)(H,33,35)(H,34,37)/t18?,19?,24-/m1/s1. The van der Waals surface area contributed by atoms with Gasteiger partial charge in [-0.2, -0.15) is 0 Å². The summed E-state index contributed by atoms with van der Waals surface area (Å²) in [4.78, 5) is 33.6. The topological polar surface area (TPSA) is 110 Å². The molecular weight excluding hydrogens is 492 g/mol. The normalized spacial score (nSPS) is 20.0. The van der Waals surface area contributed by atoms with Crippen LogP contribution in [-0.4, -0.2) is 39.4 Å². The van der Waals surface area contributed by atoms with Gasteiger partial charge in [0, 0.05) is 49.7 Å². The summed E-state index contributed by atoms with van der Waals surface area (Å²) in [6.45, 7) is 0. The molecule has 0 aliphatic heterocycles. The van der Waals surface area contributed by atoms with Crippen molar-refractivity contribution in [2.24, 2.45) is 18.9 Å². The number of pyridine rings is 1. The molecule has 2 amide bonds. The Kier molecular flexibility index (Phi) is 6.64. The van der Waals surface area contributed by atoms with Gasteiger partial charge in [0.1, 0.15) is 17.2 Å². The van der Waals surface area contributed by atoms with Crippen LogP contribution < -0.4 is 20.7 Å². The Morgan fingerprint density at radius 2 is 1.72 bits per heavy atom. The Labute approximate surface area is 227 Å². The number of carbonyl (C=O) groups is 2. The first-order valence-electron chi connectivity index (χ1n) is 13.5. The van der Waals surface area contributed by atoms with Gasteiger partial charge in [-0.15, -0.1) is 0 Å². The van der Waals surface area contributed by atoms with Crippen LogP contribution in [0.4, 0.5) is 11.6 Å². The zero-order valence-corrected chi connectivity index (χ0v) is 22.1. The Hall–Kier alpha value is -4.40. The first-order chi connectivity index (χ1) is 19.0. The van der Waals surface area contributed by atoms with Crippen LogP contribution in [0.2, 0.25) is 0 Å². The second-order valence-electron chi connectivity index (χ2n) is 10.5. The molecule has 2 bridgehead atoms. The summed E-state index contributed by atoms with van der Waals surface area (Å²) in [7, 11) is 3.50. The molecule has 4 aromatic rings. The lowest BCUT2D eigenvalue weighted by molar-refractivity contribution is 0.0810. The zero-order valence-electron chi connectivity index (χ0n) is 22.1. The van der Waals surface area contributed by atoms with Gasteiger partial charge in [-0.05, 0) is 73.6 Å². The minimum absolute atomic E-state index is 0.00556. The molecule has 0 unspecified atom stereocenters. The van der Waals surface area contributed by atoms with Gasteiger partial charge in [0.25, 0.3) is 11.8 Å². The van der Waals surface area contributed by atoms with Gasteiger partial charge in [-0.1, -0.05) is 12.8 Å². The van der Waals surface area contributed by atoms with Crippen molar-refractivity contribution in [3.63, 3.8) is 0 Å². The maximum absolute atomic E-state index is 12.9. The first kappa shape index (κ1) is 24.9. The molecule has 0 spiro atoms. The van der Waals surface area contributed by atoms with Crippen LogP contribution in [0.3, 0.4) is 0 Å². The van der Waals surface area contributed by atoms with Crippen molar-refractivity contribution >= 4 is 34.5 Å². The number of aromatic nitrogens is 3. The van der Waals surface area contributed by atoms with E-state index in [-0.39, 0.29) is 17.5 Å². The fourth-order valence-electron chi connectivity index (χ4n) is 5.86. The Morgan fingerprint density at radius 1 is 0.949 bits per heavy atom. The van der Waals surface area contributed by atoms with Gasteiger partial charge in [0.05, 0.1) is 11.0 Å². The summed E-state index contributed by atoms with van der Waals surface area (Å²) in [5.41, 5.74) is 3.49. The largest absolute Gasteiger partial charge is 0.457 e. The molecule has 3 N–H and O–H groups in total. The van der Waals surface area contributed by atoms with E-state index in [1.165, 1.54) is 31.9 Å². The molecule has 7 rings (SSSR count). The molecule has 2 aromatic carbocycles. The van der Waals surface area contributed by atoms with E-state index in [1.54, 1.807) is 19.2 Å². The molecule has 200 valence electrons. The van der Waals surface area contributed by atoms with E-state index in [2.05, 4.69) is 20.9 Å². The lowest BCUT2D eigenvalue weighted by Crippen LogP contribution is -2.47. The highest BCUT2D eigenvalue weighted by molar-refractivity contribution is 5.95. The second-order valence-corrected chi connectivity index (χ2v) is 10.5. The van der Waals surface area contributed by atoms with E-state index in [0.29, 0.717) is 35.0 Å². The SMILES string of the molecule is CNC(=O)c1cc(Oc2ccc3c(c2)nc(Nc2ccc(C(=O)N[C@@H]4CC5CCC4CC5)cc2)n3C)ccn1. The van der Waals surface area contributed by atoms with E-state index in [9.17, 15) is 9.59 Å². The number of fused-ring (bicyclic) bond motifs is 4. The van der Waals surface area contributed by atoms with Crippen molar-refractivity contribution in [2.75, 3.05) is 12.4 Å². The zero-order chi connectivity index (χ0) is 26.9. The van der Waals surface area contributed by atoms with E-state index in [0.717, 1.165) is 29.1 Å². The third-order valence-electron chi connectivity index (χ3n) is 8.05. The van der Waals surface area contributed by atoms with Gasteiger partial charge in [-0.3, -0.25) is 14.6 Å². The van der Waals surface area contributed by atoms with Gasteiger partial charge in [-0.25, -0.2) is 4.98 Å². The van der Waals surface area contributed by atoms with Crippen LogP contribution >= 0.6 is 0 Å². The third-order valence-corrected chi connectivity index (χ3v) is 8.05. The highest BCUT2D eigenvalue weighted by atomic mass is 16.5. The fraction of sp³-hybridized carbons (Fsp3) is 0.333. The highest BCUT2D eigenvalue weighted by Crippen LogP contribution is 2.41. The van der Waals surface area contributed by atoms with Crippen molar-refractivity contribution in [1.29, 1.82) is 0 Å². The number of nitrogens with zero attached hydrogens (tertiary/aromatic N) is 3. The van der Waals surface area contributed by atoms with Crippen molar-refractivity contribution in [3.8, 4) is 11.5 Å². The molecule has 3 fully saturated rings. The summed E-state index contributed by atoms with van der Waals surface area (Å²) < 4.78 is 7.93. The number of anilines is 2. The van der Waals surface area contributed by atoms with E-state index in [1.807, 2.05) is 54.1 Å². The number of benzene rings is 2. The second kappa shape index (κ2) is 10.4. The molecule has 2 heterocycles. The number of rotatable bonds is 7. The number of amides is 2. The molecule has 39 heavy (non-hydrogen) atoms. The predicted octanol–water partition coefficient (Wildman–Crippen LogP) is 5.17. The number of aryl methyl sites for hydroxylation is 1. The number of carbonyl (C=O) groups excluding carboxylic acids is 2. The number of hydrogen-bond donors (Lipinski definition) is 3. The third kappa shape index (κ3) is 5.16. The van der Waals surface area contributed by atoms with Crippen molar-refractivity contribution in [3.05, 3.63) is 72.1 Å². The van der Waals surface area contributed by atoms with Gasteiger partial charge in [0.2, 0.25) is 5.95 Å². The van der Waals surface area contributed by atoms with Crippen LogP contribution in [0.1, 0.15) is 53.0 Å². The molecule has 3 aliphatic rings. The summed E-state index contributed by atoms with van der Waals surface area (Å²) in [6, 6.07) is 16.8. The molecular formula is C30H32N6O3. The van der Waals surface area contributed by atoms with Crippen LogP contribution in [0.25, 0.3) is 11.0 Å². The van der Waals surface area contributed by atoms with Crippen molar-refractivity contribution < 1.29 is 14.3 Å². The summed E-state index contributed by atoms with van der Waals surface area (Å²) in [5, 5.41) is 9.20. The minimum Gasteiger partial charge on any atom is -0.457 e. The van der Waals surface area contributed by atoms with Gasteiger partial charge >= 0.3 is 0 Å². The molecule has 3 saturated carbocycles. The molecule has 3 aliphatic carbocycles. The van der Waals surface area contributed by atoms with E-state index in [4.69, 9.17) is 9.72 Å². The van der Waals surface area contributed by atoms with Gasteiger partial charge in [0.15, 0.2) is 0 Å². The first-order valence-corrected chi connectivity index (χ1v) is 13.5. The number of nitrogens with one attached hydrogen (secondary N) is 3. The lowest BCUT2D eigenvalue weighted by Gasteiger charge is -2.42. The smallest absolute Gasteiger partial charge is 0.269 e. The van der Waals surface area contributed by atoms with E-state index >= 15 is 0 Å². The number of ether oxygens (including phenoxy) is 1. The van der Waals surface area contributed by atoms with Crippen LogP contribution in [0.5, 0.6) is 11.5 Å². The Morgan fingerprint density at radius 3 is 2.44 bits per heavy atom. The lowest BCUT2D eigenvalue weighted by atomic mass is 9.68. The summed E-state index contributed by atoms with van der Waals surface area (Å²) in [5.74, 6) is 2.92. The summed E-state index contributed by atoms with van der Waals surface area (Å²) >= 11 is 0. The number of imidazole rings is 1. The molecule has 1 atom stereocenters. The van der Waals surface area contributed by atoms with Crippen molar-refractivity contribution in [2.45, 2.75) is 38.1 Å². The van der Waals surface area contributed by atoms with Crippen LogP contribution in [0, 0.1) is 11.8 Å². The molecule has 0 radical (unpaired) electrons. The van der Waals surface area contributed by atoms with E-state index < -0.39 is 0 Å². The summed E-state index contributed by atoms with van der Waals surface area (Å²) in [6.07, 6.45) is 7.78. The monoisotopic (exact) mass is 524 g/mol. The highest BCUT2D eigenvalue weighted by Gasteiger charge is 2.36. The van der Waals surface area contributed by atoms with Crippen molar-refractivity contribution in [1.82, 2.24) is 25.2 Å². The molecule has 9 nitrogen and oxygen atoms in total. The van der Waals surface area contributed by atoms with Crippen LogP contribution in [-0.2, 0) is 7.05 Å². The maximum Gasteiger partial charge on any atom is 0.269 e. The Bertz CT molecular complexity index is 1520. The average molecular weight is 525 g/mol. The molecule has 0 saturated heterocycles. The fourth-order valence-corrected chi connectivity index (χ4v) is 5.86. The quantitative estimate of drug-likeness (QED) is 0.308. The Balaban J connectivity index is 1.13. The predicted molar refractivity (Wildman–Crippen MR) is 149 cm³/mol. The maximum atomic E-state index is 12.9. The van der Waals surface area contributed by atoms with Gasteiger partial charge < -0.3 is 25.3 Å². The minimum atomic E-state index is -0.277. The molecule has 9 heteroatoms. The average Bonchev–Trinajstić information content (AvgIpc) is 3.27. The number of hydrogen-bond acceptors (Lipinski definition) is 6. The van der Waals surface area contributed by atoms with Crippen LogP contribution in [0.15, 0.2) is 60.8 Å².